The summed E-state index contributed by atoms with van der Waals surface area (Å²) in [5.74, 6) is -0.460. The number of hydrogen-bond acceptors (Lipinski definition) is 2. The van der Waals surface area contributed by atoms with Crippen molar-refractivity contribution in [3.63, 3.8) is 0 Å². The monoisotopic (exact) mass is 308 g/mol. The molecule has 2 aromatic rings. The molecular weight excluding hydrogens is 287 g/mol. The molecule has 0 aliphatic rings. The number of aromatic nitrogens is 1. The lowest BCUT2D eigenvalue weighted by atomic mass is 9.91. The van der Waals surface area contributed by atoms with E-state index in [0.717, 1.165) is 5.52 Å². The number of hydrogen-bond donors (Lipinski definition) is 2. The summed E-state index contributed by atoms with van der Waals surface area (Å²) in [7, 11) is 0. The van der Waals surface area contributed by atoms with E-state index in [1.165, 1.54) is 12.1 Å². The van der Waals surface area contributed by atoms with Gasteiger partial charge in [-0.3, -0.25) is 4.79 Å². The number of amides is 1. The molecule has 0 saturated carbocycles. The van der Waals surface area contributed by atoms with E-state index in [1.54, 1.807) is 23.9 Å². The van der Waals surface area contributed by atoms with Crippen molar-refractivity contribution in [1.29, 1.82) is 0 Å². The predicted octanol–water partition coefficient (Wildman–Crippen LogP) is 3.81. The van der Waals surface area contributed by atoms with Crippen LogP contribution in [0.1, 0.15) is 31.3 Å². The van der Waals surface area contributed by atoms with Crippen molar-refractivity contribution in [3.8, 4) is 0 Å². The zero-order chi connectivity index (χ0) is 15.6. The zero-order valence-electron chi connectivity index (χ0n) is 12.8. The number of aromatic amines is 1. The third-order valence-corrected chi connectivity index (χ3v) is 4.97. The first-order valence-corrected chi connectivity index (χ1v) is 8.19. The van der Waals surface area contributed by atoms with E-state index in [2.05, 4.69) is 31.1 Å². The normalized spacial score (nSPS) is 13.4. The molecule has 2 rings (SSSR count). The Morgan fingerprint density at radius 2 is 2.10 bits per heavy atom. The molecule has 1 atom stereocenters. The molecule has 114 valence electrons. The van der Waals surface area contributed by atoms with E-state index in [0.29, 0.717) is 22.9 Å². The topological polar surface area (TPSA) is 44.9 Å². The Kier molecular flexibility index (Phi) is 4.61. The Balaban J connectivity index is 2.08. The number of halogens is 1. The Hall–Kier alpha value is -1.49. The van der Waals surface area contributed by atoms with Crippen molar-refractivity contribution >= 4 is 28.6 Å². The van der Waals surface area contributed by atoms with E-state index >= 15 is 0 Å². The van der Waals surface area contributed by atoms with Gasteiger partial charge in [0.05, 0.1) is 0 Å². The molecule has 1 aromatic heterocycles. The van der Waals surface area contributed by atoms with Gasteiger partial charge in [-0.1, -0.05) is 20.8 Å². The third-order valence-electron chi connectivity index (χ3n) is 3.53. The molecule has 1 heterocycles. The number of benzene rings is 1. The Morgan fingerprint density at radius 3 is 2.71 bits per heavy atom. The number of thioether (sulfide) groups is 1. The van der Waals surface area contributed by atoms with Crippen molar-refractivity contribution in [2.45, 2.75) is 26.0 Å². The van der Waals surface area contributed by atoms with Crippen LogP contribution >= 0.6 is 11.8 Å². The second-order valence-corrected chi connectivity index (χ2v) is 7.26. The molecule has 3 nitrogen and oxygen atoms in total. The van der Waals surface area contributed by atoms with E-state index in [4.69, 9.17) is 0 Å². The molecule has 0 fully saturated rings. The summed E-state index contributed by atoms with van der Waals surface area (Å²) in [6.07, 6.45) is 2.05. The number of H-pyrrole nitrogens is 1. The summed E-state index contributed by atoms with van der Waals surface area (Å²) in [6.45, 7) is 7.08. The number of fused-ring (bicyclic) bond motifs is 1. The molecule has 2 N–H and O–H groups in total. The molecule has 0 bridgehead atoms. The van der Waals surface area contributed by atoms with E-state index < -0.39 is 0 Å². The van der Waals surface area contributed by atoms with Crippen LogP contribution in [-0.4, -0.2) is 28.9 Å². The van der Waals surface area contributed by atoms with Crippen molar-refractivity contribution < 1.29 is 9.18 Å². The molecule has 0 radical (unpaired) electrons. The Morgan fingerprint density at radius 1 is 1.38 bits per heavy atom. The molecule has 0 spiro atoms. The SMILES string of the molecule is CS[C@H](CNC(=O)c1cc2cc(F)ccc2[nH]1)C(C)(C)C. The van der Waals surface area contributed by atoms with Crippen molar-refractivity contribution in [1.82, 2.24) is 10.3 Å². The number of rotatable bonds is 4. The predicted molar refractivity (Wildman–Crippen MR) is 87.3 cm³/mol. The van der Waals surface area contributed by atoms with Crippen LogP contribution in [0.2, 0.25) is 0 Å². The first-order valence-electron chi connectivity index (χ1n) is 6.90. The van der Waals surface area contributed by atoms with Crippen LogP contribution in [0.4, 0.5) is 4.39 Å². The van der Waals surface area contributed by atoms with Crippen molar-refractivity contribution in [2.75, 3.05) is 12.8 Å². The molecule has 21 heavy (non-hydrogen) atoms. The fourth-order valence-electron chi connectivity index (χ4n) is 2.25. The van der Waals surface area contributed by atoms with Gasteiger partial charge in [0.15, 0.2) is 0 Å². The largest absolute Gasteiger partial charge is 0.351 e. The first kappa shape index (κ1) is 15.9. The standard InChI is InChI=1S/C16H21FN2OS/c1-16(2,3)14(21-4)9-18-15(20)13-8-10-7-11(17)5-6-12(10)19-13/h5-8,14,19H,9H2,1-4H3,(H,18,20)/t14-/m1/s1. The maximum atomic E-state index is 13.2. The van der Waals surface area contributed by atoms with Crippen LogP contribution in [0.3, 0.4) is 0 Å². The highest BCUT2D eigenvalue weighted by molar-refractivity contribution is 7.99. The van der Waals surface area contributed by atoms with Crippen molar-refractivity contribution in [3.05, 3.63) is 35.8 Å². The van der Waals surface area contributed by atoms with E-state index in [9.17, 15) is 9.18 Å². The first-order chi connectivity index (χ1) is 9.81. The summed E-state index contributed by atoms with van der Waals surface area (Å²) in [6, 6.07) is 6.12. The molecule has 1 amide bonds. The lowest BCUT2D eigenvalue weighted by Gasteiger charge is -2.29. The highest BCUT2D eigenvalue weighted by Gasteiger charge is 2.24. The smallest absolute Gasteiger partial charge is 0.267 e. The Labute approximate surface area is 128 Å². The number of carbonyl (C=O) groups excluding carboxylic acids is 1. The van der Waals surface area contributed by atoms with Crippen LogP contribution in [0.5, 0.6) is 0 Å². The molecule has 0 saturated heterocycles. The highest BCUT2D eigenvalue weighted by atomic mass is 32.2. The maximum absolute atomic E-state index is 13.2. The summed E-state index contributed by atoms with van der Waals surface area (Å²) < 4.78 is 13.2. The van der Waals surface area contributed by atoms with E-state index in [1.807, 2.05) is 6.26 Å². The van der Waals surface area contributed by atoms with Gasteiger partial charge in [0.1, 0.15) is 11.5 Å². The third kappa shape index (κ3) is 3.79. The van der Waals surface area contributed by atoms with Gasteiger partial charge < -0.3 is 10.3 Å². The fraction of sp³-hybridized carbons (Fsp3) is 0.438. The van der Waals surface area contributed by atoms with Gasteiger partial charge in [-0.2, -0.15) is 11.8 Å². The maximum Gasteiger partial charge on any atom is 0.267 e. The minimum Gasteiger partial charge on any atom is -0.351 e. The molecule has 5 heteroatoms. The minimum atomic E-state index is -0.302. The Bertz CT molecular complexity index is 645. The van der Waals surface area contributed by atoms with Crippen LogP contribution in [0.25, 0.3) is 10.9 Å². The van der Waals surface area contributed by atoms with Gasteiger partial charge in [-0.25, -0.2) is 4.39 Å². The molecule has 0 aliphatic carbocycles. The summed E-state index contributed by atoms with van der Waals surface area (Å²) in [4.78, 5) is 15.2. The highest BCUT2D eigenvalue weighted by Crippen LogP contribution is 2.28. The van der Waals surface area contributed by atoms with Gasteiger partial charge in [-0.05, 0) is 35.9 Å². The van der Waals surface area contributed by atoms with Gasteiger partial charge in [-0.15, -0.1) is 0 Å². The van der Waals surface area contributed by atoms with E-state index in [-0.39, 0.29) is 17.1 Å². The van der Waals surface area contributed by atoms with Gasteiger partial charge in [0.2, 0.25) is 0 Å². The molecule has 0 aliphatic heterocycles. The van der Waals surface area contributed by atoms with Gasteiger partial charge in [0.25, 0.3) is 5.91 Å². The van der Waals surface area contributed by atoms with Gasteiger partial charge in [0, 0.05) is 22.7 Å². The average Bonchev–Trinajstić information content (AvgIpc) is 2.80. The van der Waals surface area contributed by atoms with Crippen LogP contribution < -0.4 is 5.32 Å². The van der Waals surface area contributed by atoms with Crippen LogP contribution in [0.15, 0.2) is 24.3 Å². The quantitative estimate of drug-likeness (QED) is 0.902. The van der Waals surface area contributed by atoms with Crippen LogP contribution in [-0.2, 0) is 0 Å². The second-order valence-electron chi connectivity index (χ2n) is 6.21. The van der Waals surface area contributed by atoms with Crippen molar-refractivity contribution in [2.24, 2.45) is 5.41 Å². The summed E-state index contributed by atoms with van der Waals surface area (Å²) >= 11 is 1.75. The van der Waals surface area contributed by atoms with Crippen LogP contribution in [0, 0.1) is 11.2 Å². The molecule has 1 aromatic carbocycles. The summed E-state index contributed by atoms with van der Waals surface area (Å²) in [5, 5.41) is 3.99. The molecular formula is C16H21FN2OS. The number of nitrogens with one attached hydrogen (secondary N) is 2. The number of carbonyl (C=O) groups is 1. The second kappa shape index (κ2) is 6.10. The zero-order valence-corrected chi connectivity index (χ0v) is 13.6. The minimum absolute atomic E-state index is 0.121. The lowest BCUT2D eigenvalue weighted by Crippen LogP contribution is -2.37. The summed E-state index contributed by atoms with van der Waals surface area (Å²) in [5.41, 5.74) is 1.35. The fourth-order valence-corrected chi connectivity index (χ4v) is 3.21. The molecule has 0 unspecified atom stereocenters. The average molecular weight is 308 g/mol. The lowest BCUT2D eigenvalue weighted by molar-refractivity contribution is 0.0946. The van der Waals surface area contributed by atoms with Gasteiger partial charge >= 0.3 is 0 Å².